The Balaban J connectivity index is 1.51. The Labute approximate surface area is 180 Å². The van der Waals surface area contributed by atoms with Crippen LogP contribution in [0.2, 0.25) is 0 Å². The minimum Gasteiger partial charge on any atom is -0.497 e. The third-order valence-corrected chi connectivity index (χ3v) is 5.99. The number of amides is 2. The lowest BCUT2D eigenvalue weighted by Gasteiger charge is -2.29. The van der Waals surface area contributed by atoms with Gasteiger partial charge in [0.25, 0.3) is 0 Å². The minimum absolute atomic E-state index is 0.0574. The number of ether oxygens (including phenoxy) is 1. The molecule has 2 aliphatic rings. The van der Waals surface area contributed by atoms with Crippen LogP contribution >= 0.6 is 0 Å². The van der Waals surface area contributed by atoms with Crippen molar-refractivity contribution in [2.24, 2.45) is 11.0 Å². The number of nitrogens with zero attached hydrogens (tertiary/aromatic N) is 2. The molecule has 2 atom stereocenters. The number of halogens is 1. The molecule has 31 heavy (non-hydrogen) atoms. The van der Waals surface area contributed by atoms with Crippen molar-refractivity contribution in [1.29, 1.82) is 0 Å². The van der Waals surface area contributed by atoms with Gasteiger partial charge in [-0.15, -0.1) is 0 Å². The lowest BCUT2D eigenvalue weighted by atomic mass is 9.77. The van der Waals surface area contributed by atoms with Crippen LogP contribution in [0.3, 0.4) is 0 Å². The summed E-state index contributed by atoms with van der Waals surface area (Å²) >= 11 is 0. The van der Waals surface area contributed by atoms with E-state index in [9.17, 15) is 9.18 Å². The molecule has 0 radical (unpaired) electrons. The van der Waals surface area contributed by atoms with E-state index < -0.39 is 0 Å². The van der Waals surface area contributed by atoms with E-state index in [1.54, 1.807) is 43.5 Å². The highest BCUT2D eigenvalue weighted by Crippen LogP contribution is 2.43. The van der Waals surface area contributed by atoms with Crippen molar-refractivity contribution < 1.29 is 13.9 Å². The van der Waals surface area contributed by atoms with E-state index in [0.717, 1.165) is 29.7 Å². The zero-order chi connectivity index (χ0) is 21.4. The number of benzene rings is 3. The Morgan fingerprint density at radius 2 is 1.81 bits per heavy atom. The van der Waals surface area contributed by atoms with Gasteiger partial charge in [-0.3, -0.25) is 0 Å². The molecule has 156 valence electrons. The largest absolute Gasteiger partial charge is 0.497 e. The molecule has 0 saturated heterocycles. The summed E-state index contributed by atoms with van der Waals surface area (Å²) in [6, 6.07) is 21.1. The molecule has 3 aromatic rings. The fraction of sp³-hybridized carbons (Fsp3) is 0.200. The van der Waals surface area contributed by atoms with Gasteiger partial charge in [-0.25, -0.2) is 14.2 Å². The van der Waals surface area contributed by atoms with Gasteiger partial charge in [0.15, 0.2) is 0 Å². The van der Waals surface area contributed by atoms with Gasteiger partial charge in [0.1, 0.15) is 11.6 Å². The summed E-state index contributed by atoms with van der Waals surface area (Å²) in [6.45, 7) is 0. The first-order valence-corrected chi connectivity index (χ1v) is 10.3. The summed E-state index contributed by atoms with van der Waals surface area (Å²) < 4.78 is 18.8. The molecular weight excluding hydrogens is 393 g/mol. The predicted molar refractivity (Wildman–Crippen MR) is 118 cm³/mol. The van der Waals surface area contributed by atoms with Gasteiger partial charge in [0.2, 0.25) is 0 Å². The predicted octanol–water partition coefficient (Wildman–Crippen LogP) is 5.39. The van der Waals surface area contributed by atoms with Crippen LogP contribution in [0.25, 0.3) is 0 Å². The number of anilines is 1. The first-order valence-electron chi connectivity index (χ1n) is 10.3. The molecular formula is C25H22FN3O2. The molecule has 1 aliphatic carbocycles. The minimum atomic E-state index is -0.320. The topological polar surface area (TPSA) is 53.9 Å². The maximum atomic E-state index is 13.6. The van der Waals surface area contributed by atoms with Crippen LogP contribution in [0, 0.1) is 11.7 Å². The number of hydrazone groups is 1. The van der Waals surface area contributed by atoms with E-state index in [0.29, 0.717) is 11.4 Å². The summed E-state index contributed by atoms with van der Waals surface area (Å²) in [6.07, 6.45) is 1.80. The number of rotatable bonds is 3. The number of aryl methyl sites for hydroxylation is 1. The van der Waals surface area contributed by atoms with Crippen molar-refractivity contribution in [2.75, 3.05) is 12.4 Å². The first kappa shape index (κ1) is 19.3. The van der Waals surface area contributed by atoms with E-state index in [-0.39, 0.29) is 23.8 Å². The fourth-order valence-corrected chi connectivity index (χ4v) is 4.48. The average molecular weight is 415 g/mol. The average Bonchev–Trinajstić information content (AvgIpc) is 3.20. The quantitative estimate of drug-likeness (QED) is 0.624. The highest BCUT2D eigenvalue weighted by Gasteiger charge is 2.43. The number of fused-ring (bicyclic) bond motifs is 3. The molecule has 2 amide bonds. The van der Waals surface area contributed by atoms with Crippen LogP contribution in [-0.4, -0.2) is 23.9 Å². The van der Waals surface area contributed by atoms with Crippen LogP contribution in [0.5, 0.6) is 5.75 Å². The van der Waals surface area contributed by atoms with Crippen LogP contribution in [0.4, 0.5) is 14.9 Å². The van der Waals surface area contributed by atoms with Crippen molar-refractivity contribution in [3.05, 3.63) is 95.3 Å². The van der Waals surface area contributed by atoms with E-state index >= 15 is 0 Å². The summed E-state index contributed by atoms with van der Waals surface area (Å²) in [5.74, 6) is 0.472. The Morgan fingerprint density at radius 1 is 1.06 bits per heavy atom. The van der Waals surface area contributed by atoms with Gasteiger partial charge in [-0.2, -0.15) is 5.10 Å². The molecule has 1 heterocycles. The molecule has 2 unspecified atom stereocenters. The van der Waals surface area contributed by atoms with Gasteiger partial charge in [-0.05, 0) is 60.4 Å². The summed E-state index contributed by atoms with van der Waals surface area (Å²) in [5.41, 5.74) is 4.77. The molecule has 0 spiro atoms. The smallest absolute Gasteiger partial charge is 0.342 e. The zero-order valence-electron chi connectivity index (χ0n) is 17.1. The highest BCUT2D eigenvalue weighted by atomic mass is 19.1. The maximum absolute atomic E-state index is 13.6. The second kappa shape index (κ2) is 7.87. The normalized spacial score (nSPS) is 19.3. The molecule has 0 aromatic heterocycles. The number of urea groups is 1. The summed E-state index contributed by atoms with van der Waals surface area (Å²) in [5, 5.41) is 9.22. The Hall–Kier alpha value is -3.67. The van der Waals surface area contributed by atoms with Crippen LogP contribution in [-0.2, 0) is 6.42 Å². The molecule has 0 saturated carbocycles. The van der Waals surface area contributed by atoms with Crippen molar-refractivity contribution in [3.63, 3.8) is 0 Å². The summed E-state index contributed by atoms with van der Waals surface area (Å²) in [4.78, 5) is 13.3. The van der Waals surface area contributed by atoms with Gasteiger partial charge >= 0.3 is 6.03 Å². The molecule has 5 rings (SSSR count). The van der Waals surface area contributed by atoms with Crippen LogP contribution in [0.15, 0.2) is 77.9 Å². The van der Waals surface area contributed by atoms with Crippen LogP contribution in [0.1, 0.15) is 29.2 Å². The lowest BCUT2D eigenvalue weighted by molar-refractivity contribution is 0.188. The van der Waals surface area contributed by atoms with Crippen LogP contribution < -0.4 is 10.1 Å². The number of carbonyl (C=O) groups excluding carboxylic acids is 1. The van der Waals surface area contributed by atoms with Gasteiger partial charge < -0.3 is 10.1 Å². The number of methoxy groups -OCH3 is 1. The van der Waals surface area contributed by atoms with Gasteiger partial charge in [0, 0.05) is 17.2 Å². The van der Waals surface area contributed by atoms with E-state index in [4.69, 9.17) is 9.84 Å². The molecule has 6 heteroatoms. The Bertz CT molecular complexity index is 1140. The number of carbonyl (C=O) groups is 1. The number of hydrogen-bond acceptors (Lipinski definition) is 3. The lowest BCUT2D eigenvalue weighted by Crippen LogP contribution is -2.34. The van der Waals surface area contributed by atoms with E-state index in [2.05, 4.69) is 17.4 Å². The van der Waals surface area contributed by atoms with Gasteiger partial charge in [0.05, 0.1) is 18.9 Å². The van der Waals surface area contributed by atoms with Crippen molar-refractivity contribution in [2.45, 2.75) is 18.9 Å². The first-order chi connectivity index (χ1) is 15.1. The van der Waals surface area contributed by atoms with Gasteiger partial charge in [-0.1, -0.05) is 36.4 Å². The second-order valence-corrected chi connectivity index (χ2v) is 7.79. The molecule has 5 nitrogen and oxygen atoms in total. The van der Waals surface area contributed by atoms with Crippen molar-refractivity contribution >= 4 is 17.4 Å². The molecule has 0 bridgehead atoms. The van der Waals surface area contributed by atoms with E-state index in [1.165, 1.54) is 22.7 Å². The molecule has 1 N–H and O–H groups in total. The Morgan fingerprint density at radius 3 is 2.55 bits per heavy atom. The third-order valence-electron chi connectivity index (χ3n) is 5.99. The molecule has 3 aromatic carbocycles. The monoisotopic (exact) mass is 415 g/mol. The Kier molecular flexibility index (Phi) is 4.90. The number of hydrogen-bond donors (Lipinski definition) is 1. The SMILES string of the molecule is COc1ccc(NC(=O)N2N=C3c4ccccc4CCC3C2c2ccc(F)cc2)cc1. The maximum Gasteiger partial charge on any atom is 0.342 e. The second-order valence-electron chi connectivity index (χ2n) is 7.79. The summed E-state index contributed by atoms with van der Waals surface area (Å²) in [7, 11) is 1.60. The van der Waals surface area contributed by atoms with E-state index in [1.807, 2.05) is 12.1 Å². The molecule has 1 aliphatic heterocycles. The van der Waals surface area contributed by atoms with Crippen molar-refractivity contribution in [3.8, 4) is 5.75 Å². The highest BCUT2D eigenvalue weighted by molar-refractivity contribution is 6.07. The number of nitrogens with one attached hydrogen (secondary N) is 1. The standard InChI is InChI=1S/C25H22FN3O2/c1-31-20-13-11-19(12-14-20)27-25(30)29-24(17-6-9-18(26)10-7-17)22-15-8-16-4-2-3-5-21(16)23(22)28-29/h2-7,9-14,22,24H,8,15H2,1H3,(H,27,30). The third kappa shape index (κ3) is 3.54. The zero-order valence-corrected chi connectivity index (χ0v) is 17.1. The fourth-order valence-electron chi connectivity index (χ4n) is 4.48. The molecule has 0 fully saturated rings. The van der Waals surface area contributed by atoms with Crippen molar-refractivity contribution in [1.82, 2.24) is 5.01 Å².